The predicted molar refractivity (Wildman–Crippen MR) is 65.6 cm³/mol. The molecule has 0 spiro atoms. The summed E-state index contributed by atoms with van der Waals surface area (Å²) in [5.41, 5.74) is 1.83. The summed E-state index contributed by atoms with van der Waals surface area (Å²) in [5.74, 6) is -0.0671. The summed E-state index contributed by atoms with van der Waals surface area (Å²) < 4.78 is 0. The van der Waals surface area contributed by atoms with Gasteiger partial charge in [0.15, 0.2) is 0 Å². The van der Waals surface area contributed by atoms with Crippen LogP contribution in [0.15, 0.2) is 24.3 Å². The van der Waals surface area contributed by atoms with E-state index in [0.717, 1.165) is 11.3 Å². The molecule has 1 saturated heterocycles. The van der Waals surface area contributed by atoms with Crippen LogP contribution >= 0.6 is 0 Å². The van der Waals surface area contributed by atoms with E-state index in [9.17, 15) is 9.59 Å². The van der Waals surface area contributed by atoms with Crippen molar-refractivity contribution in [2.24, 2.45) is 0 Å². The lowest BCUT2D eigenvalue weighted by atomic mass is 10.1. The summed E-state index contributed by atoms with van der Waals surface area (Å²) in [6.45, 7) is 1.94. The number of likely N-dealkylation sites (tertiary alicyclic amines) is 1. The molecule has 1 aromatic rings. The number of para-hydroxylation sites is 1. The van der Waals surface area contributed by atoms with Crippen molar-refractivity contribution in [3.63, 3.8) is 0 Å². The standard InChI is InChI=1S/C13H16N2O2/c1-9-5-3-4-6-10(9)14-13(17)11-7-8-12(16)15(11)2/h3-6,11H,7-8H2,1-2H3,(H,14,17). The molecule has 4 heteroatoms. The lowest BCUT2D eigenvalue weighted by molar-refractivity contribution is -0.131. The second-order valence-corrected chi connectivity index (χ2v) is 4.36. The van der Waals surface area contributed by atoms with Gasteiger partial charge in [0.2, 0.25) is 11.8 Å². The highest BCUT2D eigenvalue weighted by Crippen LogP contribution is 2.19. The second kappa shape index (κ2) is 4.57. The van der Waals surface area contributed by atoms with E-state index >= 15 is 0 Å². The molecule has 0 aliphatic carbocycles. The van der Waals surface area contributed by atoms with Crippen LogP contribution in [0.4, 0.5) is 5.69 Å². The molecule has 1 atom stereocenters. The number of carbonyl (C=O) groups is 2. The Labute approximate surface area is 101 Å². The number of amides is 2. The summed E-state index contributed by atoms with van der Waals surface area (Å²) in [6, 6.07) is 7.29. The number of anilines is 1. The molecular formula is C13H16N2O2. The van der Waals surface area contributed by atoms with Crippen LogP contribution in [0.3, 0.4) is 0 Å². The average Bonchev–Trinajstić information content (AvgIpc) is 2.63. The average molecular weight is 232 g/mol. The smallest absolute Gasteiger partial charge is 0.247 e. The van der Waals surface area contributed by atoms with Crippen molar-refractivity contribution in [2.45, 2.75) is 25.8 Å². The summed E-state index contributed by atoms with van der Waals surface area (Å²) in [5, 5.41) is 2.87. The van der Waals surface area contributed by atoms with Gasteiger partial charge in [-0.15, -0.1) is 0 Å². The Morgan fingerprint density at radius 2 is 2.12 bits per heavy atom. The second-order valence-electron chi connectivity index (χ2n) is 4.36. The molecular weight excluding hydrogens is 216 g/mol. The van der Waals surface area contributed by atoms with Gasteiger partial charge in [-0.1, -0.05) is 18.2 Å². The summed E-state index contributed by atoms with van der Waals surface area (Å²) in [6.07, 6.45) is 1.06. The van der Waals surface area contributed by atoms with Crippen LogP contribution in [0.2, 0.25) is 0 Å². The first-order valence-corrected chi connectivity index (χ1v) is 5.72. The number of nitrogens with one attached hydrogen (secondary N) is 1. The zero-order chi connectivity index (χ0) is 12.4. The van der Waals surface area contributed by atoms with Crippen LogP contribution in [0.25, 0.3) is 0 Å². The Morgan fingerprint density at radius 1 is 1.41 bits per heavy atom. The number of nitrogens with zero attached hydrogens (tertiary/aromatic N) is 1. The Hall–Kier alpha value is -1.84. The largest absolute Gasteiger partial charge is 0.334 e. The van der Waals surface area contributed by atoms with Gasteiger partial charge >= 0.3 is 0 Å². The first-order chi connectivity index (χ1) is 8.09. The highest BCUT2D eigenvalue weighted by molar-refractivity contribution is 5.99. The van der Waals surface area contributed by atoms with Gasteiger partial charge in [0.25, 0.3) is 0 Å². The summed E-state index contributed by atoms with van der Waals surface area (Å²) >= 11 is 0. The zero-order valence-electron chi connectivity index (χ0n) is 10.1. The van der Waals surface area contributed by atoms with Crippen molar-refractivity contribution in [2.75, 3.05) is 12.4 Å². The number of likely N-dealkylation sites (N-methyl/N-ethyl adjacent to an activating group) is 1. The fourth-order valence-corrected chi connectivity index (χ4v) is 2.04. The fourth-order valence-electron chi connectivity index (χ4n) is 2.04. The third-order valence-electron chi connectivity index (χ3n) is 3.20. The molecule has 1 aromatic carbocycles. The van der Waals surface area contributed by atoms with Crippen LogP contribution in [0.1, 0.15) is 18.4 Å². The third-order valence-corrected chi connectivity index (χ3v) is 3.20. The Morgan fingerprint density at radius 3 is 2.71 bits per heavy atom. The van der Waals surface area contributed by atoms with Gasteiger partial charge in [-0.2, -0.15) is 0 Å². The Kier molecular flexibility index (Phi) is 3.13. The van der Waals surface area contributed by atoms with Crippen molar-refractivity contribution in [1.29, 1.82) is 0 Å². The third kappa shape index (κ3) is 2.30. The number of carbonyl (C=O) groups excluding carboxylic acids is 2. The molecule has 2 rings (SSSR count). The van der Waals surface area contributed by atoms with Crippen molar-refractivity contribution in [1.82, 2.24) is 4.90 Å². The van der Waals surface area contributed by atoms with Crippen molar-refractivity contribution in [3.05, 3.63) is 29.8 Å². The van der Waals surface area contributed by atoms with Crippen molar-refractivity contribution in [3.8, 4) is 0 Å². The lowest BCUT2D eigenvalue weighted by Gasteiger charge is -2.19. The van der Waals surface area contributed by atoms with E-state index in [4.69, 9.17) is 0 Å². The van der Waals surface area contributed by atoms with Gasteiger partial charge in [0, 0.05) is 19.2 Å². The molecule has 1 aliphatic heterocycles. The molecule has 17 heavy (non-hydrogen) atoms. The number of aryl methyl sites for hydroxylation is 1. The number of benzene rings is 1. The normalized spacial score (nSPS) is 19.5. The number of rotatable bonds is 2. The van der Waals surface area contributed by atoms with E-state index < -0.39 is 0 Å². The topological polar surface area (TPSA) is 49.4 Å². The van der Waals surface area contributed by atoms with Gasteiger partial charge < -0.3 is 10.2 Å². The minimum atomic E-state index is -0.331. The fraction of sp³-hybridized carbons (Fsp3) is 0.385. The Balaban J connectivity index is 2.08. The minimum absolute atomic E-state index is 0.0370. The highest BCUT2D eigenvalue weighted by atomic mass is 16.2. The first-order valence-electron chi connectivity index (χ1n) is 5.72. The summed E-state index contributed by atoms with van der Waals surface area (Å²) in [7, 11) is 1.68. The molecule has 0 aromatic heterocycles. The maximum Gasteiger partial charge on any atom is 0.247 e. The molecule has 1 fully saturated rings. The van der Waals surface area contributed by atoms with E-state index in [2.05, 4.69) is 5.32 Å². The van der Waals surface area contributed by atoms with Gasteiger partial charge in [-0.25, -0.2) is 0 Å². The molecule has 2 amide bonds. The van der Waals surface area contributed by atoms with E-state index in [1.807, 2.05) is 31.2 Å². The van der Waals surface area contributed by atoms with E-state index in [0.29, 0.717) is 12.8 Å². The van der Waals surface area contributed by atoms with Crippen LogP contribution in [-0.4, -0.2) is 29.8 Å². The minimum Gasteiger partial charge on any atom is -0.334 e. The molecule has 90 valence electrons. The van der Waals surface area contributed by atoms with E-state index in [1.165, 1.54) is 4.90 Å². The quantitative estimate of drug-likeness (QED) is 0.841. The first kappa shape index (κ1) is 11.6. The molecule has 1 aliphatic rings. The van der Waals surface area contributed by atoms with Crippen molar-refractivity contribution < 1.29 is 9.59 Å². The zero-order valence-corrected chi connectivity index (χ0v) is 10.1. The monoisotopic (exact) mass is 232 g/mol. The molecule has 0 bridgehead atoms. The maximum absolute atomic E-state index is 12.0. The molecule has 1 heterocycles. The van der Waals surface area contributed by atoms with E-state index in [-0.39, 0.29) is 17.9 Å². The van der Waals surface area contributed by atoms with Crippen LogP contribution < -0.4 is 5.32 Å². The van der Waals surface area contributed by atoms with Gasteiger partial charge in [-0.3, -0.25) is 9.59 Å². The van der Waals surface area contributed by atoms with Gasteiger partial charge in [0.05, 0.1) is 0 Å². The molecule has 4 nitrogen and oxygen atoms in total. The van der Waals surface area contributed by atoms with Crippen LogP contribution in [0.5, 0.6) is 0 Å². The predicted octanol–water partition coefficient (Wildman–Crippen LogP) is 1.55. The maximum atomic E-state index is 12.0. The molecule has 1 N–H and O–H groups in total. The molecule has 0 radical (unpaired) electrons. The van der Waals surface area contributed by atoms with Gasteiger partial charge in [0.1, 0.15) is 6.04 Å². The summed E-state index contributed by atoms with van der Waals surface area (Å²) in [4.78, 5) is 24.9. The number of hydrogen-bond acceptors (Lipinski definition) is 2. The van der Waals surface area contributed by atoms with Crippen LogP contribution in [0, 0.1) is 6.92 Å². The van der Waals surface area contributed by atoms with Crippen molar-refractivity contribution >= 4 is 17.5 Å². The Bertz CT molecular complexity index is 456. The molecule has 1 unspecified atom stereocenters. The number of hydrogen-bond donors (Lipinski definition) is 1. The molecule has 0 saturated carbocycles. The van der Waals surface area contributed by atoms with Crippen LogP contribution in [-0.2, 0) is 9.59 Å². The van der Waals surface area contributed by atoms with E-state index in [1.54, 1.807) is 7.05 Å². The van der Waals surface area contributed by atoms with Gasteiger partial charge in [-0.05, 0) is 25.0 Å². The highest BCUT2D eigenvalue weighted by Gasteiger charge is 2.33. The lowest BCUT2D eigenvalue weighted by Crippen LogP contribution is -2.39. The SMILES string of the molecule is Cc1ccccc1NC(=O)C1CCC(=O)N1C.